The second-order valence-corrected chi connectivity index (χ2v) is 4.12. The molecular weight excluding hydrogens is 202 g/mol. The van der Waals surface area contributed by atoms with Gasteiger partial charge < -0.3 is 9.80 Å². The van der Waals surface area contributed by atoms with Crippen LogP contribution >= 0.6 is 0 Å². The van der Waals surface area contributed by atoms with Gasteiger partial charge in [0.2, 0.25) is 6.41 Å². The molecule has 86 valence electrons. The van der Waals surface area contributed by atoms with E-state index in [1.807, 2.05) is 30.0 Å². The Hall–Kier alpha value is -1.58. The van der Waals surface area contributed by atoms with Crippen molar-refractivity contribution in [3.63, 3.8) is 0 Å². The van der Waals surface area contributed by atoms with Crippen molar-refractivity contribution in [2.75, 3.05) is 31.1 Å². The number of amides is 1. The average Bonchev–Trinajstić information content (AvgIpc) is 2.54. The third-order valence-electron chi connectivity index (χ3n) is 2.88. The van der Waals surface area contributed by atoms with Crippen molar-refractivity contribution in [3.05, 3.63) is 23.9 Å². The lowest BCUT2D eigenvalue weighted by molar-refractivity contribution is -0.117. The molecule has 0 aromatic carbocycles. The summed E-state index contributed by atoms with van der Waals surface area (Å²) in [7, 11) is 0. The molecule has 1 aromatic rings. The number of rotatable bonds is 2. The number of nitrogens with zero attached hydrogens (tertiary/aromatic N) is 3. The van der Waals surface area contributed by atoms with Crippen molar-refractivity contribution >= 4 is 12.2 Å². The zero-order valence-corrected chi connectivity index (χ0v) is 9.59. The normalized spacial score (nSPS) is 17.1. The maximum Gasteiger partial charge on any atom is 0.209 e. The molecule has 4 nitrogen and oxygen atoms in total. The van der Waals surface area contributed by atoms with Gasteiger partial charge in [-0.05, 0) is 25.5 Å². The van der Waals surface area contributed by atoms with Gasteiger partial charge in [0.1, 0.15) is 5.82 Å². The summed E-state index contributed by atoms with van der Waals surface area (Å²) in [6, 6.07) is 6.06. The predicted octanol–water partition coefficient (Wildman–Crippen LogP) is 1.06. The van der Waals surface area contributed by atoms with Crippen LogP contribution in [0.25, 0.3) is 0 Å². The molecule has 0 radical (unpaired) electrons. The first kappa shape index (κ1) is 10.9. The van der Waals surface area contributed by atoms with Crippen molar-refractivity contribution in [2.24, 2.45) is 0 Å². The van der Waals surface area contributed by atoms with Crippen LogP contribution < -0.4 is 4.90 Å². The minimum absolute atomic E-state index is 0.791. The predicted molar refractivity (Wildman–Crippen MR) is 63.4 cm³/mol. The molecule has 1 amide bonds. The zero-order valence-electron chi connectivity index (χ0n) is 9.59. The Morgan fingerprint density at radius 3 is 2.88 bits per heavy atom. The molecule has 1 aliphatic heterocycles. The van der Waals surface area contributed by atoms with Crippen LogP contribution in [0.1, 0.15) is 12.1 Å². The molecule has 2 heterocycles. The molecule has 1 fully saturated rings. The zero-order chi connectivity index (χ0) is 11.4. The fourth-order valence-electron chi connectivity index (χ4n) is 1.98. The topological polar surface area (TPSA) is 36.4 Å². The van der Waals surface area contributed by atoms with Crippen LogP contribution in [0.3, 0.4) is 0 Å². The van der Waals surface area contributed by atoms with Gasteiger partial charge >= 0.3 is 0 Å². The third-order valence-corrected chi connectivity index (χ3v) is 2.88. The number of hydrogen-bond donors (Lipinski definition) is 0. The summed E-state index contributed by atoms with van der Waals surface area (Å²) in [6.45, 7) is 5.49. The minimum Gasteiger partial charge on any atom is -0.355 e. The Labute approximate surface area is 95.9 Å². The number of carbonyl (C=O) groups is 1. The van der Waals surface area contributed by atoms with Gasteiger partial charge in [-0.3, -0.25) is 4.79 Å². The van der Waals surface area contributed by atoms with E-state index in [-0.39, 0.29) is 0 Å². The van der Waals surface area contributed by atoms with E-state index in [4.69, 9.17) is 0 Å². The first-order valence-electron chi connectivity index (χ1n) is 5.67. The molecule has 0 aliphatic carbocycles. The summed E-state index contributed by atoms with van der Waals surface area (Å²) < 4.78 is 0. The summed E-state index contributed by atoms with van der Waals surface area (Å²) >= 11 is 0. The number of anilines is 1. The molecule has 0 spiro atoms. The summed E-state index contributed by atoms with van der Waals surface area (Å²) in [5.74, 6) is 1.02. The van der Waals surface area contributed by atoms with Crippen LogP contribution in [0.5, 0.6) is 0 Å². The molecule has 2 rings (SSSR count). The standard InChI is InChI=1S/C12H17N3O/c1-11-4-2-5-12(13-11)15-7-3-6-14(10-16)8-9-15/h2,4-5,10H,3,6-9H2,1H3. The maximum atomic E-state index is 10.7. The Morgan fingerprint density at radius 2 is 2.12 bits per heavy atom. The van der Waals surface area contributed by atoms with Crippen molar-refractivity contribution in [1.29, 1.82) is 0 Å². The van der Waals surface area contributed by atoms with Crippen LogP contribution in [0.4, 0.5) is 5.82 Å². The van der Waals surface area contributed by atoms with E-state index in [2.05, 4.69) is 9.88 Å². The second kappa shape index (κ2) is 4.96. The summed E-state index contributed by atoms with van der Waals surface area (Å²) in [5, 5.41) is 0. The number of hydrogen-bond acceptors (Lipinski definition) is 3. The van der Waals surface area contributed by atoms with Crippen LogP contribution in [0.2, 0.25) is 0 Å². The summed E-state index contributed by atoms with van der Waals surface area (Å²) in [6.07, 6.45) is 1.95. The quantitative estimate of drug-likeness (QED) is 0.698. The SMILES string of the molecule is Cc1cccc(N2CCCN(C=O)CC2)n1. The number of pyridine rings is 1. The molecule has 1 aromatic heterocycles. The number of aromatic nitrogens is 1. The number of carbonyl (C=O) groups excluding carboxylic acids is 1. The molecule has 0 bridgehead atoms. The highest BCUT2D eigenvalue weighted by atomic mass is 16.1. The highest BCUT2D eigenvalue weighted by Crippen LogP contribution is 2.13. The molecule has 16 heavy (non-hydrogen) atoms. The molecule has 0 unspecified atom stereocenters. The Balaban J connectivity index is 2.07. The van der Waals surface area contributed by atoms with Gasteiger partial charge in [-0.15, -0.1) is 0 Å². The maximum absolute atomic E-state index is 10.7. The van der Waals surface area contributed by atoms with Gasteiger partial charge in [-0.2, -0.15) is 0 Å². The fraction of sp³-hybridized carbons (Fsp3) is 0.500. The Morgan fingerprint density at radius 1 is 1.25 bits per heavy atom. The minimum atomic E-state index is 0.791. The van der Waals surface area contributed by atoms with Crippen molar-refractivity contribution in [1.82, 2.24) is 9.88 Å². The third kappa shape index (κ3) is 2.51. The summed E-state index contributed by atoms with van der Waals surface area (Å²) in [4.78, 5) is 19.3. The molecule has 4 heteroatoms. The molecule has 1 saturated heterocycles. The molecule has 1 aliphatic rings. The van der Waals surface area contributed by atoms with Crippen LogP contribution in [-0.2, 0) is 4.79 Å². The van der Waals surface area contributed by atoms with Gasteiger partial charge in [0.15, 0.2) is 0 Å². The van der Waals surface area contributed by atoms with E-state index >= 15 is 0 Å². The number of aryl methyl sites for hydroxylation is 1. The van der Waals surface area contributed by atoms with Crippen LogP contribution in [0, 0.1) is 6.92 Å². The lowest BCUT2D eigenvalue weighted by Crippen LogP contribution is -2.30. The highest BCUT2D eigenvalue weighted by Gasteiger charge is 2.14. The first-order chi connectivity index (χ1) is 7.79. The van der Waals surface area contributed by atoms with Crippen molar-refractivity contribution in [3.8, 4) is 0 Å². The van der Waals surface area contributed by atoms with E-state index in [0.29, 0.717) is 0 Å². The van der Waals surface area contributed by atoms with E-state index in [0.717, 1.165) is 50.5 Å². The van der Waals surface area contributed by atoms with Crippen molar-refractivity contribution < 1.29 is 4.79 Å². The lowest BCUT2D eigenvalue weighted by atomic mass is 10.3. The van der Waals surface area contributed by atoms with Gasteiger partial charge in [0, 0.05) is 31.9 Å². The van der Waals surface area contributed by atoms with E-state index < -0.39 is 0 Å². The Bertz CT molecular complexity index is 367. The van der Waals surface area contributed by atoms with E-state index in [9.17, 15) is 4.79 Å². The van der Waals surface area contributed by atoms with Gasteiger partial charge in [-0.1, -0.05) is 6.07 Å². The average molecular weight is 219 g/mol. The molecule has 0 saturated carbocycles. The van der Waals surface area contributed by atoms with E-state index in [1.54, 1.807) is 0 Å². The first-order valence-corrected chi connectivity index (χ1v) is 5.67. The monoisotopic (exact) mass is 219 g/mol. The lowest BCUT2D eigenvalue weighted by Gasteiger charge is -2.21. The smallest absolute Gasteiger partial charge is 0.209 e. The Kier molecular flexibility index (Phi) is 3.39. The van der Waals surface area contributed by atoms with Gasteiger partial charge in [-0.25, -0.2) is 4.98 Å². The van der Waals surface area contributed by atoms with Gasteiger partial charge in [0.05, 0.1) is 0 Å². The molecule has 0 atom stereocenters. The van der Waals surface area contributed by atoms with Crippen molar-refractivity contribution in [2.45, 2.75) is 13.3 Å². The van der Waals surface area contributed by atoms with Gasteiger partial charge in [0.25, 0.3) is 0 Å². The second-order valence-electron chi connectivity index (χ2n) is 4.12. The van der Waals surface area contributed by atoms with Crippen LogP contribution in [-0.4, -0.2) is 42.5 Å². The van der Waals surface area contributed by atoms with Crippen LogP contribution in [0.15, 0.2) is 18.2 Å². The summed E-state index contributed by atoms with van der Waals surface area (Å²) in [5.41, 5.74) is 1.04. The molecule has 0 N–H and O–H groups in total. The highest BCUT2D eigenvalue weighted by molar-refractivity contribution is 5.48. The molecular formula is C12H17N3O. The van der Waals surface area contributed by atoms with E-state index in [1.165, 1.54) is 0 Å². The largest absolute Gasteiger partial charge is 0.355 e. The fourth-order valence-corrected chi connectivity index (χ4v) is 1.98.